The molecule has 2 aromatic rings. The van der Waals surface area contributed by atoms with Crippen molar-refractivity contribution in [1.29, 1.82) is 0 Å². The van der Waals surface area contributed by atoms with Crippen LogP contribution in [0.2, 0.25) is 5.02 Å². The minimum absolute atomic E-state index is 0.318. The molecule has 0 unspecified atom stereocenters. The van der Waals surface area contributed by atoms with Crippen molar-refractivity contribution < 1.29 is 14.3 Å². The van der Waals surface area contributed by atoms with Crippen molar-refractivity contribution in [3.05, 3.63) is 64.7 Å². The summed E-state index contributed by atoms with van der Waals surface area (Å²) < 4.78 is 4.66. The first-order valence-electron chi connectivity index (χ1n) is 6.95. The van der Waals surface area contributed by atoms with Crippen molar-refractivity contribution in [1.82, 2.24) is 4.90 Å². The number of methoxy groups -OCH3 is 1. The highest BCUT2D eigenvalue weighted by Crippen LogP contribution is 2.24. The summed E-state index contributed by atoms with van der Waals surface area (Å²) in [6, 6.07) is 13.9. The predicted molar refractivity (Wildman–Crippen MR) is 89.7 cm³/mol. The van der Waals surface area contributed by atoms with E-state index in [-0.39, 0.29) is 6.03 Å². The van der Waals surface area contributed by atoms with Crippen molar-refractivity contribution in [2.45, 2.75) is 6.54 Å². The molecule has 1 N–H and O–H groups in total. The van der Waals surface area contributed by atoms with Gasteiger partial charge in [0.15, 0.2) is 0 Å². The normalized spacial score (nSPS) is 10.0. The molecule has 0 fully saturated rings. The zero-order valence-corrected chi connectivity index (χ0v) is 13.6. The fourth-order valence-electron chi connectivity index (χ4n) is 2.01. The molecule has 0 aliphatic heterocycles. The molecule has 0 saturated heterocycles. The topological polar surface area (TPSA) is 58.6 Å². The molecule has 0 aliphatic carbocycles. The lowest BCUT2D eigenvalue weighted by Crippen LogP contribution is -2.31. The Morgan fingerprint density at radius 3 is 2.52 bits per heavy atom. The summed E-state index contributed by atoms with van der Waals surface area (Å²) >= 11 is 6.07. The van der Waals surface area contributed by atoms with Crippen LogP contribution in [0.3, 0.4) is 0 Å². The SMILES string of the molecule is COC(=O)c1ccc(Cl)c(NC(=O)N(C)Cc2ccccc2)c1. The number of amides is 2. The lowest BCUT2D eigenvalue weighted by molar-refractivity contribution is 0.0600. The van der Waals surface area contributed by atoms with Gasteiger partial charge >= 0.3 is 12.0 Å². The maximum absolute atomic E-state index is 12.3. The van der Waals surface area contributed by atoms with E-state index in [4.69, 9.17) is 11.6 Å². The number of carbonyl (C=O) groups is 2. The molecular formula is C17H17ClN2O3. The fraction of sp³-hybridized carbons (Fsp3) is 0.176. The van der Waals surface area contributed by atoms with E-state index >= 15 is 0 Å². The number of hydrogen-bond donors (Lipinski definition) is 1. The second kappa shape index (κ2) is 7.65. The first-order chi connectivity index (χ1) is 11.0. The minimum atomic E-state index is -0.491. The third-order valence-electron chi connectivity index (χ3n) is 3.24. The van der Waals surface area contributed by atoms with Crippen LogP contribution in [-0.4, -0.2) is 31.1 Å². The first kappa shape index (κ1) is 16.8. The molecule has 5 nitrogen and oxygen atoms in total. The van der Waals surface area contributed by atoms with Crippen LogP contribution >= 0.6 is 11.6 Å². The second-order valence-electron chi connectivity index (χ2n) is 4.96. The molecule has 0 spiro atoms. The van der Waals surface area contributed by atoms with Crippen LogP contribution in [0.15, 0.2) is 48.5 Å². The smallest absolute Gasteiger partial charge is 0.337 e. The second-order valence-corrected chi connectivity index (χ2v) is 5.37. The number of nitrogens with zero attached hydrogens (tertiary/aromatic N) is 1. The van der Waals surface area contributed by atoms with Gasteiger partial charge in [-0.15, -0.1) is 0 Å². The van der Waals surface area contributed by atoms with Crippen molar-refractivity contribution >= 4 is 29.3 Å². The van der Waals surface area contributed by atoms with Gasteiger partial charge in [-0.1, -0.05) is 41.9 Å². The molecule has 0 aromatic heterocycles. The average Bonchev–Trinajstić information content (AvgIpc) is 2.56. The van der Waals surface area contributed by atoms with E-state index in [0.29, 0.717) is 22.8 Å². The summed E-state index contributed by atoms with van der Waals surface area (Å²) in [7, 11) is 2.98. The zero-order valence-electron chi connectivity index (χ0n) is 12.9. The fourth-order valence-corrected chi connectivity index (χ4v) is 2.17. The van der Waals surface area contributed by atoms with Crippen molar-refractivity contribution in [3.8, 4) is 0 Å². The maximum atomic E-state index is 12.3. The van der Waals surface area contributed by atoms with Gasteiger partial charge in [-0.25, -0.2) is 9.59 Å². The number of benzene rings is 2. The standard InChI is InChI=1S/C17H17ClN2O3/c1-20(11-12-6-4-3-5-7-12)17(22)19-15-10-13(16(21)23-2)8-9-14(15)18/h3-10H,11H2,1-2H3,(H,19,22). The molecule has 0 heterocycles. The minimum Gasteiger partial charge on any atom is -0.465 e. The molecule has 23 heavy (non-hydrogen) atoms. The van der Waals surface area contributed by atoms with Crippen LogP contribution in [0.5, 0.6) is 0 Å². The van der Waals surface area contributed by atoms with Gasteiger partial charge in [0.05, 0.1) is 23.4 Å². The molecule has 0 atom stereocenters. The van der Waals surface area contributed by atoms with Crippen molar-refractivity contribution in [2.75, 3.05) is 19.5 Å². The Kier molecular flexibility index (Phi) is 5.60. The Bertz CT molecular complexity index is 704. The van der Waals surface area contributed by atoms with Gasteiger partial charge in [0.1, 0.15) is 0 Å². The van der Waals surface area contributed by atoms with Crippen LogP contribution in [0.25, 0.3) is 0 Å². The van der Waals surface area contributed by atoms with Crippen LogP contribution in [0.4, 0.5) is 10.5 Å². The van der Waals surface area contributed by atoms with E-state index < -0.39 is 5.97 Å². The van der Waals surface area contributed by atoms with Crippen LogP contribution in [-0.2, 0) is 11.3 Å². The number of rotatable bonds is 4. The molecule has 0 bridgehead atoms. The highest BCUT2D eigenvalue weighted by Gasteiger charge is 2.14. The molecular weight excluding hydrogens is 316 g/mol. The number of hydrogen-bond acceptors (Lipinski definition) is 3. The van der Waals surface area contributed by atoms with E-state index in [1.165, 1.54) is 24.1 Å². The van der Waals surface area contributed by atoms with E-state index in [9.17, 15) is 9.59 Å². The highest BCUT2D eigenvalue weighted by atomic mass is 35.5. The number of anilines is 1. The van der Waals surface area contributed by atoms with Crippen LogP contribution in [0, 0.1) is 0 Å². The maximum Gasteiger partial charge on any atom is 0.337 e. The van der Waals surface area contributed by atoms with Gasteiger partial charge in [0.2, 0.25) is 0 Å². The lowest BCUT2D eigenvalue weighted by atomic mass is 10.2. The molecule has 6 heteroatoms. The largest absolute Gasteiger partial charge is 0.465 e. The van der Waals surface area contributed by atoms with E-state index in [1.807, 2.05) is 30.3 Å². The first-order valence-corrected chi connectivity index (χ1v) is 7.33. The van der Waals surface area contributed by atoms with E-state index in [2.05, 4.69) is 10.1 Å². The molecule has 2 aromatic carbocycles. The van der Waals surface area contributed by atoms with E-state index in [1.54, 1.807) is 13.1 Å². The third kappa shape index (κ3) is 4.47. The summed E-state index contributed by atoms with van der Waals surface area (Å²) in [6.45, 7) is 0.459. The molecule has 0 aliphatic rings. The Balaban J connectivity index is 2.08. The number of ether oxygens (including phenoxy) is 1. The average molecular weight is 333 g/mol. The third-order valence-corrected chi connectivity index (χ3v) is 3.57. The van der Waals surface area contributed by atoms with Gasteiger partial charge in [-0.05, 0) is 23.8 Å². The van der Waals surface area contributed by atoms with Gasteiger partial charge in [-0.2, -0.15) is 0 Å². The molecule has 0 radical (unpaired) electrons. The molecule has 2 amide bonds. The van der Waals surface area contributed by atoms with Crippen LogP contribution in [0.1, 0.15) is 15.9 Å². The van der Waals surface area contributed by atoms with Gasteiger partial charge < -0.3 is 15.0 Å². The van der Waals surface area contributed by atoms with Gasteiger partial charge in [0, 0.05) is 13.6 Å². The summed E-state index contributed by atoms with van der Waals surface area (Å²) in [5, 5.41) is 3.04. The van der Waals surface area contributed by atoms with Gasteiger partial charge in [-0.3, -0.25) is 0 Å². The van der Waals surface area contributed by atoms with E-state index in [0.717, 1.165) is 5.56 Å². The molecule has 2 rings (SSSR count). The predicted octanol–water partition coefficient (Wildman–Crippen LogP) is 3.79. The number of carbonyl (C=O) groups excluding carboxylic acids is 2. The summed E-state index contributed by atoms with van der Waals surface area (Å²) in [4.78, 5) is 25.3. The van der Waals surface area contributed by atoms with Crippen molar-refractivity contribution in [2.24, 2.45) is 0 Å². The number of nitrogens with one attached hydrogen (secondary N) is 1. The Morgan fingerprint density at radius 2 is 1.87 bits per heavy atom. The summed E-state index contributed by atoms with van der Waals surface area (Å²) in [6.07, 6.45) is 0. The monoisotopic (exact) mass is 332 g/mol. The van der Waals surface area contributed by atoms with Gasteiger partial charge in [0.25, 0.3) is 0 Å². The van der Waals surface area contributed by atoms with Crippen molar-refractivity contribution in [3.63, 3.8) is 0 Å². The molecule has 0 saturated carbocycles. The summed E-state index contributed by atoms with van der Waals surface area (Å²) in [5.41, 5.74) is 1.69. The Hall–Kier alpha value is -2.53. The Labute approximate surface area is 139 Å². The number of urea groups is 1. The number of esters is 1. The Morgan fingerprint density at radius 1 is 1.17 bits per heavy atom. The lowest BCUT2D eigenvalue weighted by Gasteiger charge is -2.18. The highest BCUT2D eigenvalue weighted by molar-refractivity contribution is 6.33. The summed E-state index contributed by atoms with van der Waals surface area (Å²) in [5.74, 6) is -0.491. The molecule has 120 valence electrons. The zero-order chi connectivity index (χ0) is 16.8. The van der Waals surface area contributed by atoms with Crippen LogP contribution < -0.4 is 5.32 Å². The number of halogens is 1. The quantitative estimate of drug-likeness (QED) is 0.866.